The maximum atomic E-state index is 13.0. The minimum absolute atomic E-state index is 0.0362. The molecule has 0 spiro atoms. The number of rotatable bonds is 7. The fourth-order valence-corrected chi connectivity index (χ4v) is 3.71. The number of hydrogen-bond acceptors (Lipinski definition) is 4. The second kappa shape index (κ2) is 10.9. The Hall–Kier alpha value is -3.49. The Labute approximate surface area is 191 Å². The van der Waals surface area contributed by atoms with Crippen LogP contribution in [0.4, 0.5) is 20.2 Å². The molecule has 0 bridgehead atoms. The van der Waals surface area contributed by atoms with E-state index in [-0.39, 0.29) is 29.7 Å². The highest BCUT2D eigenvalue weighted by atomic mass is 19.3. The Morgan fingerprint density at radius 2 is 1.91 bits per heavy atom. The summed E-state index contributed by atoms with van der Waals surface area (Å²) in [6.45, 7) is 1.14. The summed E-state index contributed by atoms with van der Waals surface area (Å²) < 4.78 is 29.9. The number of piperidine rings is 1. The first-order chi connectivity index (χ1) is 15.8. The van der Waals surface area contributed by atoms with E-state index in [0.717, 1.165) is 5.56 Å². The number of hydrogen-bond donors (Lipinski definition) is 2. The van der Waals surface area contributed by atoms with E-state index in [1.807, 2.05) is 6.92 Å². The van der Waals surface area contributed by atoms with E-state index in [0.29, 0.717) is 37.2 Å². The molecule has 0 radical (unpaired) electrons. The molecule has 3 rings (SSSR count). The lowest BCUT2D eigenvalue weighted by atomic mass is 9.96. The second-order valence-electron chi connectivity index (χ2n) is 7.89. The van der Waals surface area contributed by atoms with E-state index in [1.165, 1.54) is 23.1 Å². The van der Waals surface area contributed by atoms with Crippen LogP contribution < -0.4 is 15.4 Å². The second-order valence-corrected chi connectivity index (χ2v) is 7.89. The third kappa shape index (κ3) is 6.27. The first-order valence-electron chi connectivity index (χ1n) is 10.8. The molecule has 1 saturated heterocycles. The van der Waals surface area contributed by atoms with Crippen molar-refractivity contribution in [1.29, 1.82) is 0 Å². The van der Waals surface area contributed by atoms with Crippen molar-refractivity contribution >= 4 is 29.1 Å². The standard InChI is InChI=1S/C24H27F2N3O4/c1-3-21(30)27-17-11-10-15(2)19(13-17)28-22(31)16-7-6-12-29(14-16)23(32)18-8-4-5-9-20(18)33-24(25)26/h4-5,8-11,13,16,24H,3,6-7,12,14H2,1-2H3,(H,27,30)(H,28,31). The van der Waals surface area contributed by atoms with E-state index >= 15 is 0 Å². The summed E-state index contributed by atoms with van der Waals surface area (Å²) in [5.41, 5.74) is 2.03. The number of nitrogens with zero attached hydrogens (tertiary/aromatic N) is 1. The maximum absolute atomic E-state index is 13.0. The molecule has 2 aromatic rings. The molecule has 2 aromatic carbocycles. The number of para-hydroxylation sites is 1. The van der Waals surface area contributed by atoms with Crippen molar-refractivity contribution in [3.8, 4) is 5.75 Å². The molecule has 9 heteroatoms. The Kier molecular flexibility index (Phi) is 7.97. The summed E-state index contributed by atoms with van der Waals surface area (Å²) in [7, 11) is 0. The minimum atomic E-state index is -3.04. The average molecular weight is 459 g/mol. The van der Waals surface area contributed by atoms with E-state index in [4.69, 9.17) is 0 Å². The number of benzene rings is 2. The highest BCUT2D eigenvalue weighted by molar-refractivity contribution is 5.99. The number of nitrogens with one attached hydrogen (secondary N) is 2. The van der Waals surface area contributed by atoms with E-state index < -0.39 is 18.4 Å². The lowest BCUT2D eigenvalue weighted by Gasteiger charge is -2.32. The van der Waals surface area contributed by atoms with Gasteiger partial charge >= 0.3 is 6.61 Å². The first kappa shape index (κ1) is 24.2. The molecule has 0 aliphatic carbocycles. The van der Waals surface area contributed by atoms with E-state index in [1.54, 1.807) is 31.2 Å². The third-order valence-corrected chi connectivity index (χ3v) is 5.51. The Balaban J connectivity index is 1.70. The summed E-state index contributed by atoms with van der Waals surface area (Å²) in [5.74, 6) is -1.48. The lowest BCUT2D eigenvalue weighted by Crippen LogP contribution is -2.44. The molecule has 1 atom stereocenters. The van der Waals surface area contributed by atoms with Crippen LogP contribution in [0.15, 0.2) is 42.5 Å². The summed E-state index contributed by atoms with van der Waals surface area (Å²) in [6, 6.07) is 11.1. The van der Waals surface area contributed by atoms with Gasteiger partial charge in [-0.2, -0.15) is 8.78 Å². The van der Waals surface area contributed by atoms with Crippen LogP contribution in [0.5, 0.6) is 5.75 Å². The predicted octanol–water partition coefficient (Wildman–Crippen LogP) is 4.44. The highest BCUT2D eigenvalue weighted by Gasteiger charge is 2.30. The molecule has 1 fully saturated rings. The van der Waals surface area contributed by atoms with Gasteiger partial charge < -0.3 is 20.3 Å². The van der Waals surface area contributed by atoms with Crippen molar-refractivity contribution in [2.24, 2.45) is 5.92 Å². The summed E-state index contributed by atoms with van der Waals surface area (Å²) >= 11 is 0. The maximum Gasteiger partial charge on any atom is 0.387 e. The van der Waals surface area contributed by atoms with Gasteiger partial charge in [0.2, 0.25) is 11.8 Å². The van der Waals surface area contributed by atoms with Crippen LogP contribution in [-0.4, -0.2) is 42.3 Å². The third-order valence-electron chi connectivity index (χ3n) is 5.51. The fourth-order valence-electron chi connectivity index (χ4n) is 3.71. The molecule has 1 aliphatic rings. The number of carbonyl (C=O) groups is 3. The molecule has 1 unspecified atom stereocenters. The quantitative estimate of drug-likeness (QED) is 0.641. The minimum Gasteiger partial charge on any atom is -0.434 e. The van der Waals surface area contributed by atoms with Crippen molar-refractivity contribution in [2.45, 2.75) is 39.7 Å². The van der Waals surface area contributed by atoms with Crippen LogP contribution in [0.3, 0.4) is 0 Å². The van der Waals surface area contributed by atoms with Crippen LogP contribution in [0, 0.1) is 12.8 Å². The van der Waals surface area contributed by atoms with Gasteiger partial charge in [-0.15, -0.1) is 0 Å². The lowest BCUT2D eigenvalue weighted by molar-refractivity contribution is -0.121. The summed E-state index contributed by atoms with van der Waals surface area (Å²) in [6.07, 6.45) is 1.54. The van der Waals surface area contributed by atoms with Gasteiger partial charge in [0.25, 0.3) is 5.91 Å². The van der Waals surface area contributed by atoms with Gasteiger partial charge in [-0.25, -0.2) is 0 Å². The number of alkyl halides is 2. The van der Waals surface area contributed by atoms with Crippen LogP contribution in [0.1, 0.15) is 42.1 Å². The first-order valence-corrected chi connectivity index (χ1v) is 10.8. The summed E-state index contributed by atoms with van der Waals surface area (Å²) in [4.78, 5) is 39.1. The van der Waals surface area contributed by atoms with Crippen molar-refractivity contribution in [3.05, 3.63) is 53.6 Å². The van der Waals surface area contributed by atoms with Crippen molar-refractivity contribution in [1.82, 2.24) is 4.90 Å². The van der Waals surface area contributed by atoms with Gasteiger partial charge in [0, 0.05) is 30.9 Å². The van der Waals surface area contributed by atoms with Crippen LogP contribution in [0.2, 0.25) is 0 Å². The average Bonchev–Trinajstić information content (AvgIpc) is 2.80. The fraction of sp³-hybridized carbons (Fsp3) is 0.375. The smallest absolute Gasteiger partial charge is 0.387 e. The zero-order valence-corrected chi connectivity index (χ0v) is 18.6. The van der Waals surface area contributed by atoms with Gasteiger partial charge in [-0.1, -0.05) is 25.1 Å². The van der Waals surface area contributed by atoms with Gasteiger partial charge in [0.05, 0.1) is 11.5 Å². The van der Waals surface area contributed by atoms with Gasteiger partial charge in [-0.3, -0.25) is 14.4 Å². The number of anilines is 2. The SMILES string of the molecule is CCC(=O)Nc1ccc(C)c(NC(=O)C2CCCN(C(=O)c3ccccc3OC(F)F)C2)c1. The number of likely N-dealkylation sites (tertiary alicyclic amines) is 1. The monoisotopic (exact) mass is 459 g/mol. The van der Waals surface area contributed by atoms with Gasteiger partial charge in [0.1, 0.15) is 5.75 Å². The van der Waals surface area contributed by atoms with E-state index in [2.05, 4.69) is 15.4 Å². The normalized spacial score (nSPS) is 15.8. The molecular formula is C24H27F2N3O4. The van der Waals surface area contributed by atoms with Crippen molar-refractivity contribution in [3.63, 3.8) is 0 Å². The van der Waals surface area contributed by atoms with Crippen molar-refractivity contribution < 1.29 is 27.9 Å². The molecule has 0 aromatic heterocycles. The molecular weight excluding hydrogens is 432 g/mol. The topological polar surface area (TPSA) is 87.7 Å². The molecule has 7 nitrogen and oxygen atoms in total. The Bertz CT molecular complexity index is 1030. The highest BCUT2D eigenvalue weighted by Crippen LogP contribution is 2.27. The number of ether oxygens (including phenoxy) is 1. The molecule has 1 aliphatic heterocycles. The van der Waals surface area contributed by atoms with Crippen molar-refractivity contribution in [2.75, 3.05) is 23.7 Å². The zero-order chi connectivity index (χ0) is 24.0. The molecule has 176 valence electrons. The van der Waals surface area contributed by atoms with Crippen LogP contribution in [-0.2, 0) is 9.59 Å². The van der Waals surface area contributed by atoms with Crippen LogP contribution in [0.25, 0.3) is 0 Å². The summed E-state index contributed by atoms with van der Waals surface area (Å²) in [5, 5.41) is 5.66. The Morgan fingerprint density at radius 1 is 1.15 bits per heavy atom. The predicted molar refractivity (Wildman–Crippen MR) is 120 cm³/mol. The number of halogens is 2. The molecule has 0 saturated carbocycles. The Morgan fingerprint density at radius 3 is 2.64 bits per heavy atom. The van der Waals surface area contributed by atoms with Gasteiger partial charge in [0.15, 0.2) is 0 Å². The molecule has 3 amide bonds. The molecule has 2 N–H and O–H groups in total. The largest absolute Gasteiger partial charge is 0.434 e. The zero-order valence-electron chi connectivity index (χ0n) is 18.6. The number of amides is 3. The van der Waals surface area contributed by atoms with Gasteiger partial charge in [-0.05, 0) is 49.6 Å². The number of carbonyl (C=O) groups excluding carboxylic acids is 3. The molecule has 1 heterocycles. The molecule has 33 heavy (non-hydrogen) atoms. The number of aryl methyl sites for hydroxylation is 1. The van der Waals surface area contributed by atoms with E-state index in [9.17, 15) is 23.2 Å². The van der Waals surface area contributed by atoms with Crippen LogP contribution >= 0.6 is 0 Å².